The Morgan fingerprint density at radius 3 is 2.30 bits per heavy atom. The maximum absolute atomic E-state index is 14.4. The number of nitrogens with one attached hydrogen (secondary N) is 1. The molecule has 2 aliphatic carbocycles. The highest BCUT2D eigenvalue weighted by Gasteiger charge is 2.73. The van der Waals surface area contributed by atoms with Crippen molar-refractivity contribution in [1.82, 2.24) is 5.32 Å². The Hall–Kier alpha value is -1.84. The van der Waals surface area contributed by atoms with Crippen LogP contribution >= 0.6 is 0 Å². The van der Waals surface area contributed by atoms with E-state index >= 15 is 0 Å². The van der Waals surface area contributed by atoms with Crippen molar-refractivity contribution in [2.75, 3.05) is 6.61 Å². The molecule has 3 rings (SSSR count). The standard InChI is InChI=1S/C20H22F7NO2/c1-10(9-29)28-17(30)16-7-6-14-13-5-3-12(8-11(13)2-4-15(14)16)18(21,19(22,23)24)20(25,26)27/h3,5,8,10,14-16,29H,2,4,6-7,9H2,1H3,(H,28,30)/t10-,14+,15-,16-/m1/s1. The fraction of sp³-hybridized carbons (Fsp3) is 0.650. The fourth-order valence-corrected chi connectivity index (χ4v) is 4.79. The van der Waals surface area contributed by atoms with Crippen LogP contribution in [0.3, 0.4) is 0 Å². The minimum Gasteiger partial charge on any atom is -0.394 e. The van der Waals surface area contributed by atoms with Gasteiger partial charge in [0.1, 0.15) is 0 Å². The van der Waals surface area contributed by atoms with Gasteiger partial charge in [-0.2, -0.15) is 26.3 Å². The van der Waals surface area contributed by atoms with Crippen molar-refractivity contribution in [3.8, 4) is 0 Å². The molecule has 1 amide bonds. The fourth-order valence-electron chi connectivity index (χ4n) is 4.79. The van der Waals surface area contributed by atoms with Crippen molar-refractivity contribution >= 4 is 5.91 Å². The third kappa shape index (κ3) is 3.67. The molecule has 10 heteroatoms. The summed E-state index contributed by atoms with van der Waals surface area (Å²) >= 11 is 0. The molecule has 0 bridgehead atoms. The zero-order valence-corrected chi connectivity index (χ0v) is 16.1. The van der Waals surface area contributed by atoms with E-state index in [-0.39, 0.29) is 42.3 Å². The molecule has 2 N–H and O–H groups in total. The zero-order valence-electron chi connectivity index (χ0n) is 16.1. The topological polar surface area (TPSA) is 49.3 Å². The average Bonchev–Trinajstić information content (AvgIpc) is 3.09. The number of carbonyl (C=O) groups excluding carboxylic acids is 1. The molecule has 0 heterocycles. The molecule has 0 aromatic heterocycles. The van der Waals surface area contributed by atoms with Crippen LogP contribution in [0, 0.1) is 11.8 Å². The second-order valence-electron chi connectivity index (χ2n) is 8.15. The van der Waals surface area contributed by atoms with Crippen LogP contribution in [-0.4, -0.2) is 36.0 Å². The predicted octanol–water partition coefficient (Wildman–Crippen LogP) is 4.53. The van der Waals surface area contributed by atoms with Gasteiger partial charge in [-0.3, -0.25) is 4.79 Å². The number of rotatable bonds is 4. The van der Waals surface area contributed by atoms with Gasteiger partial charge in [0.2, 0.25) is 5.91 Å². The summed E-state index contributed by atoms with van der Waals surface area (Å²) in [5, 5.41) is 11.8. The Labute approximate surface area is 168 Å². The lowest BCUT2D eigenvalue weighted by atomic mass is 9.73. The molecular formula is C20H22F7NO2. The first-order valence-electron chi connectivity index (χ1n) is 9.68. The van der Waals surface area contributed by atoms with Crippen LogP contribution in [0.4, 0.5) is 30.7 Å². The van der Waals surface area contributed by atoms with Gasteiger partial charge in [-0.1, -0.05) is 18.2 Å². The van der Waals surface area contributed by atoms with E-state index in [2.05, 4.69) is 5.32 Å². The number of hydrogen-bond acceptors (Lipinski definition) is 2. The zero-order chi connectivity index (χ0) is 22.5. The van der Waals surface area contributed by atoms with Crippen molar-refractivity contribution < 1.29 is 40.6 Å². The quantitative estimate of drug-likeness (QED) is 0.675. The van der Waals surface area contributed by atoms with E-state index in [4.69, 9.17) is 5.11 Å². The number of amides is 1. The van der Waals surface area contributed by atoms with Crippen molar-refractivity contribution in [2.45, 2.75) is 62.6 Å². The van der Waals surface area contributed by atoms with E-state index < -0.39 is 29.6 Å². The molecule has 168 valence electrons. The first-order valence-corrected chi connectivity index (χ1v) is 9.68. The maximum Gasteiger partial charge on any atom is 0.435 e. The van der Waals surface area contributed by atoms with Crippen molar-refractivity contribution in [3.05, 3.63) is 34.9 Å². The largest absolute Gasteiger partial charge is 0.435 e. The Morgan fingerprint density at radius 2 is 1.73 bits per heavy atom. The van der Waals surface area contributed by atoms with Gasteiger partial charge in [-0.15, -0.1) is 0 Å². The monoisotopic (exact) mass is 441 g/mol. The lowest BCUT2D eigenvalue weighted by Crippen LogP contribution is -2.50. The van der Waals surface area contributed by atoms with E-state index in [9.17, 15) is 35.5 Å². The number of aryl methyl sites for hydroxylation is 1. The second kappa shape index (κ2) is 7.69. The summed E-state index contributed by atoms with van der Waals surface area (Å²) in [7, 11) is 0. The number of aliphatic hydroxyl groups excluding tert-OH is 1. The van der Waals surface area contributed by atoms with Crippen LogP contribution in [0.15, 0.2) is 18.2 Å². The molecule has 1 saturated carbocycles. The summed E-state index contributed by atoms with van der Waals surface area (Å²) in [4.78, 5) is 12.5. The SMILES string of the molecule is C[C@H](CO)NC(=O)[C@@H]1CC[C@H]2c3ccc(C(F)(C(F)(F)F)C(F)(F)F)cc3CC[C@@H]12. The van der Waals surface area contributed by atoms with Crippen LogP contribution in [0.2, 0.25) is 0 Å². The number of carbonyl (C=O) groups is 1. The number of benzene rings is 1. The van der Waals surface area contributed by atoms with Crippen LogP contribution in [0.1, 0.15) is 48.8 Å². The van der Waals surface area contributed by atoms with Crippen molar-refractivity contribution in [1.29, 1.82) is 0 Å². The lowest BCUT2D eigenvalue weighted by Gasteiger charge is -2.34. The summed E-state index contributed by atoms with van der Waals surface area (Å²) in [5.41, 5.74) is -6.07. The van der Waals surface area contributed by atoms with Crippen molar-refractivity contribution in [3.63, 3.8) is 0 Å². The first kappa shape index (κ1) is 22.8. The molecule has 0 unspecified atom stereocenters. The Kier molecular flexibility index (Phi) is 5.85. The minimum absolute atomic E-state index is 0.102. The smallest absolute Gasteiger partial charge is 0.394 e. The van der Waals surface area contributed by atoms with E-state index in [1.165, 1.54) is 0 Å². The molecule has 0 radical (unpaired) electrons. The first-order chi connectivity index (χ1) is 13.8. The number of alkyl halides is 7. The third-order valence-electron chi connectivity index (χ3n) is 6.29. The van der Waals surface area contributed by atoms with Gasteiger partial charge in [0.15, 0.2) is 0 Å². The molecule has 2 aliphatic rings. The molecular weight excluding hydrogens is 419 g/mol. The lowest BCUT2D eigenvalue weighted by molar-refractivity contribution is -0.348. The third-order valence-corrected chi connectivity index (χ3v) is 6.29. The van der Waals surface area contributed by atoms with Gasteiger partial charge in [0.25, 0.3) is 0 Å². The number of fused-ring (bicyclic) bond motifs is 3. The average molecular weight is 441 g/mol. The molecule has 30 heavy (non-hydrogen) atoms. The van der Waals surface area contributed by atoms with Crippen LogP contribution in [0.25, 0.3) is 0 Å². The molecule has 1 aromatic carbocycles. The van der Waals surface area contributed by atoms with E-state index in [1.54, 1.807) is 6.92 Å². The van der Waals surface area contributed by atoms with Crippen molar-refractivity contribution in [2.24, 2.45) is 11.8 Å². The normalized spacial score (nSPS) is 25.4. The van der Waals surface area contributed by atoms with E-state index in [0.717, 1.165) is 6.07 Å². The number of hydrogen-bond donors (Lipinski definition) is 2. The van der Waals surface area contributed by atoms with Gasteiger partial charge >= 0.3 is 18.0 Å². The summed E-state index contributed by atoms with van der Waals surface area (Å²) in [5.74, 6) is -0.855. The summed E-state index contributed by atoms with van der Waals surface area (Å²) in [6.07, 6.45) is -10.6. The molecule has 3 nitrogen and oxygen atoms in total. The molecule has 0 saturated heterocycles. The Morgan fingerprint density at radius 1 is 1.10 bits per heavy atom. The van der Waals surface area contributed by atoms with Gasteiger partial charge in [0.05, 0.1) is 6.61 Å². The highest BCUT2D eigenvalue weighted by atomic mass is 19.4. The number of halogens is 7. The van der Waals surface area contributed by atoms with Crippen LogP contribution in [0.5, 0.6) is 0 Å². The maximum atomic E-state index is 14.4. The Balaban J connectivity index is 1.90. The van der Waals surface area contributed by atoms with Crippen LogP contribution < -0.4 is 5.32 Å². The summed E-state index contributed by atoms with van der Waals surface area (Å²) < 4.78 is 92.7. The van der Waals surface area contributed by atoms with Gasteiger partial charge in [-0.25, -0.2) is 4.39 Å². The predicted molar refractivity (Wildman–Crippen MR) is 93.3 cm³/mol. The Bertz CT molecular complexity index is 791. The highest BCUT2D eigenvalue weighted by molar-refractivity contribution is 5.80. The number of aliphatic hydroxyl groups is 1. The molecule has 1 fully saturated rings. The van der Waals surface area contributed by atoms with Gasteiger partial charge in [0, 0.05) is 17.5 Å². The summed E-state index contributed by atoms with van der Waals surface area (Å²) in [6.45, 7) is 1.42. The minimum atomic E-state index is -6.14. The van der Waals surface area contributed by atoms with E-state index in [0.29, 0.717) is 37.0 Å². The molecule has 0 aliphatic heterocycles. The highest BCUT2D eigenvalue weighted by Crippen LogP contribution is 2.55. The summed E-state index contributed by atoms with van der Waals surface area (Å²) in [6, 6.07) is 1.96. The molecule has 0 spiro atoms. The molecule has 1 aromatic rings. The van der Waals surface area contributed by atoms with Gasteiger partial charge in [-0.05, 0) is 55.6 Å². The van der Waals surface area contributed by atoms with Gasteiger partial charge < -0.3 is 10.4 Å². The molecule has 4 atom stereocenters. The van der Waals surface area contributed by atoms with E-state index in [1.807, 2.05) is 0 Å². The second-order valence-corrected chi connectivity index (χ2v) is 8.15. The van der Waals surface area contributed by atoms with Crippen LogP contribution in [-0.2, 0) is 16.9 Å².